The Kier molecular flexibility index (Phi) is 4.60. The molecule has 1 aliphatic rings. The van der Waals surface area contributed by atoms with Gasteiger partial charge in [0, 0.05) is 18.0 Å². The molecule has 108 valence electrons. The van der Waals surface area contributed by atoms with E-state index >= 15 is 0 Å². The van der Waals surface area contributed by atoms with Gasteiger partial charge in [-0.25, -0.2) is 0 Å². The molecule has 20 heavy (non-hydrogen) atoms. The van der Waals surface area contributed by atoms with Crippen molar-refractivity contribution in [1.29, 1.82) is 0 Å². The number of rotatable bonds is 4. The van der Waals surface area contributed by atoms with Gasteiger partial charge in [0.25, 0.3) is 11.6 Å². The number of alkyl halides is 1. The standard InChI is InChI=1S/C14H17ClN2O3/c1-9-2-5-13(17(19)20)12(6-9)14(18)16-8-10-3-4-11(15)7-10/h2,5-6,10-11H,3-4,7-8H2,1H3,(H,16,18). The van der Waals surface area contributed by atoms with E-state index in [1.54, 1.807) is 19.1 Å². The third kappa shape index (κ3) is 3.48. The molecule has 1 aliphatic carbocycles. The van der Waals surface area contributed by atoms with E-state index in [0.29, 0.717) is 12.5 Å². The zero-order valence-corrected chi connectivity index (χ0v) is 12.0. The Morgan fingerprint density at radius 1 is 1.50 bits per heavy atom. The molecule has 5 nitrogen and oxygen atoms in total. The highest BCUT2D eigenvalue weighted by Crippen LogP contribution is 2.29. The van der Waals surface area contributed by atoms with Crippen LogP contribution in [0.15, 0.2) is 18.2 Å². The van der Waals surface area contributed by atoms with Gasteiger partial charge < -0.3 is 5.32 Å². The van der Waals surface area contributed by atoms with Crippen molar-refractivity contribution < 1.29 is 9.72 Å². The molecule has 6 heteroatoms. The van der Waals surface area contributed by atoms with Crippen LogP contribution < -0.4 is 5.32 Å². The summed E-state index contributed by atoms with van der Waals surface area (Å²) in [7, 11) is 0. The van der Waals surface area contributed by atoms with Crippen molar-refractivity contribution in [2.45, 2.75) is 31.6 Å². The fourth-order valence-electron chi connectivity index (χ4n) is 2.52. The van der Waals surface area contributed by atoms with Gasteiger partial charge in [0.2, 0.25) is 0 Å². The average molecular weight is 297 g/mol. The van der Waals surface area contributed by atoms with Crippen LogP contribution in [0.25, 0.3) is 0 Å². The van der Waals surface area contributed by atoms with Crippen LogP contribution >= 0.6 is 11.6 Å². The maximum atomic E-state index is 12.1. The normalized spacial score (nSPS) is 21.7. The highest BCUT2D eigenvalue weighted by Gasteiger charge is 2.25. The third-order valence-electron chi connectivity index (χ3n) is 3.62. The number of hydrogen-bond acceptors (Lipinski definition) is 3. The van der Waals surface area contributed by atoms with E-state index in [2.05, 4.69) is 5.32 Å². The first-order chi connectivity index (χ1) is 9.47. The molecule has 0 aliphatic heterocycles. The fraction of sp³-hybridized carbons (Fsp3) is 0.500. The number of hydrogen-bond donors (Lipinski definition) is 1. The zero-order valence-electron chi connectivity index (χ0n) is 11.3. The summed E-state index contributed by atoms with van der Waals surface area (Å²) in [6.07, 6.45) is 2.84. The molecule has 0 saturated heterocycles. The lowest BCUT2D eigenvalue weighted by Crippen LogP contribution is -2.29. The van der Waals surface area contributed by atoms with Crippen LogP contribution in [0.1, 0.15) is 35.2 Å². The number of halogens is 1. The van der Waals surface area contributed by atoms with Crippen LogP contribution in [0.4, 0.5) is 5.69 Å². The van der Waals surface area contributed by atoms with E-state index in [9.17, 15) is 14.9 Å². The van der Waals surface area contributed by atoms with Gasteiger partial charge in [-0.1, -0.05) is 6.07 Å². The SMILES string of the molecule is Cc1ccc([N+](=O)[O-])c(C(=O)NCC2CCC(Cl)C2)c1. The van der Waals surface area contributed by atoms with Crippen LogP contribution in [0.2, 0.25) is 0 Å². The van der Waals surface area contributed by atoms with E-state index in [1.165, 1.54) is 6.07 Å². The minimum absolute atomic E-state index is 0.121. The first kappa shape index (κ1) is 14.8. The van der Waals surface area contributed by atoms with Gasteiger partial charge in [-0.3, -0.25) is 14.9 Å². The second-order valence-electron chi connectivity index (χ2n) is 5.26. The predicted octanol–water partition coefficient (Wildman–Crippen LogP) is 3.04. The van der Waals surface area contributed by atoms with Crippen molar-refractivity contribution in [2.24, 2.45) is 5.92 Å². The first-order valence-electron chi connectivity index (χ1n) is 6.64. The lowest BCUT2D eigenvalue weighted by Gasteiger charge is -2.11. The first-order valence-corrected chi connectivity index (χ1v) is 7.08. The molecule has 0 heterocycles. The molecule has 0 spiro atoms. The maximum Gasteiger partial charge on any atom is 0.282 e. The Balaban J connectivity index is 2.05. The number of benzene rings is 1. The number of nitrogens with one attached hydrogen (secondary N) is 1. The van der Waals surface area contributed by atoms with E-state index in [1.807, 2.05) is 0 Å². The monoisotopic (exact) mass is 296 g/mol. The van der Waals surface area contributed by atoms with Crippen molar-refractivity contribution in [3.8, 4) is 0 Å². The van der Waals surface area contributed by atoms with Gasteiger partial charge in [-0.05, 0) is 43.7 Å². The summed E-state index contributed by atoms with van der Waals surface area (Å²) < 4.78 is 0. The number of nitrogens with zero attached hydrogens (tertiary/aromatic N) is 1. The number of aryl methyl sites for hydroxylation is 1. The highest BCUT2D eigenvalue weighted by molar-refractivity contribution is 6.20. The molecule has 2 unspecified atom stereocenters. The lowest BCUT2D eigenvalue weighted by molar-refractivity contribution is -0.385. The van der Waals surface area contributed by atoms with Crippen LogP contribution in [0, 0.1) is 23.0 Å². The molecule has 1 aromatic carbocycles. The fourth-order valence-corrected chi connectivity index (χ4v) is 2.90. The molecule has 0 aromatic heterocycles. The quantitative estimate of drug-likeness (QED) is 0.527. The van der Waals surface area contributed by atoms with Gasteiger partial charge in [0.1, 0.15) is 5.56 Å². The van der Waals surface area contributed by atoms with Crippen molar-refractivity contribution >= 4 is 23.2 Å². The zero-order chi connectivity index (χ0) is 14.7. The van der Waals surface area contributed by atoms with Crippen LogP contribution in [-0.2, 0) is 0 Å². The molecular formula is C14H17ClN2O3. The second-order valence-corrected chi connectivity index (χ2v) is 5.88. The van der Waals surface area contributed by atoms with Crippen LogP contribution in [0.3, 0.4) is 0 Å². The Morgan fingerprint density at radius 2 is 2.25 bits per heavy atom. The van der Waals surface area contributed by atoms with Gasteiger partial charge in [0.15, 0.2) is 0 Å². The molecular weight excluding hydrogens is 280 g/mol. The number of carbonyl (C=O) groups excluding carboxylic acids is 1. The second kappa shape index (κ2) is 6.22. The molecule has 1 fully saturated rings. The summed E-state index contributed by atoms with van der Waals surface area (Å²) in [6, 6.07) is 4.55. The molecule has 0 radical (unpaired) electrons. The van der Waals surface area contributed by atoms with Crippen LogP contribution in [-0.4, -0.2) is 22.8 Å². The molecule has 1 N–H and O–H groups in total. The Hall–Kier alpha value is -1.62. The van der Waals surface area contributed by atoms with Gasteiger partial charge in [-0.15, -0.1) is 11.6 Å². The smallest absolute Gasteiger partial charge is 0.282 e. The van der Waals surface area contributed by atoms with E-state index in [4.69, 9.17) is 11.6 Å². The molecule has 2 atom stereocenters. The molecule has 2 rings (SSSR count). The number of amides is 1. The van der Waals surface area contributed by atoms with Crippen molar-refractivity contribution in [2.75, 3.05) is 6.54 Å². The van der Waals surface area contributed by atoms with Gasteiger partial charge in [0.05, 0.1) is 4.92 Å². The summed E-state index contributed by atoms with van der Waals surface area (Å²) >= 11 is 6.02. The largest absolute Gasteiger partial charge is 0.352 e. The predicted molar refractivity (Wildman–Crippen MR) is 77.1 cm³/mol. The lowest BCUT2D eigenvalue weighted by atomic mass is 10.1. The number of nitro groups is 1. The topological polar surface area (TPSA) is 72.2 Å². The van der Waals surface area contributed by atoms with Crippen molar-refractivity contribution in [3.05, 3.63) is 39.4 Å². The van der Waals surface area contributed by atoms with Crippen molar-refractivity contribution in [1.82, 2.24) is 5.32 Å². The molecule has 1 aromatic rings. The van der Waals surface area contributed by atoms with Crippen molar-refractivity contribution in [3.63, 3.8) is 0 Å². The van der Waals surface area contributed by atoms with E-state index in [0.717, 1.165) is 24.8 Å². The average Bonchev–Trinajstić information content (AvgIpc) is 2.81. The minimum Gasteiger partial charge on any atom is -0.352 e. The van der Waals surface area contributed by atoms with Crippen LogP contribution in [0.5, 0.6) is 0 Å². The summed E-state index contributed by atoms with van der Waals surface area (Å²) in [4.78, 5) is 22.5. The number of carbonyl (C=O) groups is 1. The maximum absolute atomic E-state index is 12.1. The Morgan fingerprint density at radius 3 is 2.85 bits per heavy atom. The van der Waals surface area contributed by atoms with E-state index < -0.39 is 10.8 Å². The minimum atomic E-state index is -0.529. The molecule has 0 bridgehead atoms. The highest BCUT2D eigenvalue weighted by atomic mass is 35.5. The molecule has 1 saturated carbocycles. The molecule has 1 amide bonds. The van der Waals surface area contributed by atoms with E-state index in [-0.39, 0.29) is 16.6 Å². The van der Waals surface area contributed by atoms with Gasteiger partial charge >= 0.3 is 0 Å². The van der Waals surface area contributed by atoms with Gasteiger partial charge in [-0.2, -0.15) is 0 Å². The summed E-state index contributed by atoms with van der Waals surface area (Å²) in [5, 5.41) is 13.9. The Labute approximate surface area is 122 Å². The summed E-state index contributed by atoms with van der Waals surface area (Å²) in [5.74, 6) is -0.0243. The summed E-state index contributed by atoms with van der Waals surface area (Å²) in [6.45, 7) is 2.32. The third-order valence-corrected chi connectivity index (χ3v) is 4.02. The Bertz CT molecular complexity index is 533. The number of nitro benzene ring substituents is 1. The summed E-state index contributed by atoms with van der Waals surface area (Å²) in [5.41, 5.74) is 0.785.